The Hall–Kier alpha value is -3.28. The number of hydrogen-bond acceptors (Lipinski definition) is 7. The molecule has 0 aromatic heterocycles. The van der Waals surface area contributed by atoms with E-state index in [0.717, 1.165) is 15.4 Å². The van der Waals surface area contributed by atoms with Gasteiger partial charge in [-0.15, -0.1) is 0 Å². The smallest absolute Gasteiger partial charge is 0.325 e. The summed E-state index contributed by atoms with van der Waals surface area (Å²) >= 11 is 3.33. The van der Waals surface area contributed by atoms with Crippen molar-refractivity contribution in [2.75, 3.05) is 6.61 Å². The molecule has 1 atom stereocenters. The number of fused-ring (bicyclic) bond motifs is 1. The molecule has 9 nitrogen and oxygen atoms in total. The maximum atomic E-state index is 13.9. The maximum Gasteiger partial charge on any atom is 0.325 e. The number of nitro benzene ring substituents is 1. The van der Waals surface area contributed by atoms with E-state index >= 15 is 0 Å². The quantitative estimate of drug-likeness (QED) is 0.219. The number of halogens is 1. The van der Waals surface area contributed by atoms with Gasteiger partial charge in [0.05, 0.1) is 11.5 Å². The fraction of sp³-hybridized carbons (Fsp3) is 0.240. The van der Waals surface area contributed by atoms with E-state index < -0.39 is 27.0 Å². The number of hydrogen-bond donors (Lipinski definition) is 0. The van der Waals surface area contributed by atoms with E-state index in [1.54, 1.807) is 19.1 Å². The van der Waals surface area contributed by atoms with Gasteiger partial charge >= 0.3 is 5.97 Å². The standard InChI is InChI=1S/C25H23BrN2O7S/c1-2-34-23-12-9-20(26)14-24(23)36(32,33)27-15-19-6-4-3-5-18(19)13-22(27)25(29)35-16-17-7-10-21(11-8-17)28(30)31/h3-12,14,22H,2,13,15-16H2,1H3/t22-/m0/s1. The average molecular weight is 575 g/mol. The summed E-state index contributed by atoms with van der Waals surface area (Å²) < 4.78 is 40.5. The molecule has 0 saturated heterocycles. The van der Waals surface area contributed by atoms with Gasteiger partial charge in [-0.1, -0.05) is 40.2 Å². The van der Waals surface area contributed by atoms with Gasteiger partial charge in [-0.05, 0) is 53.9 Å². The Morgan fingerprint density at radius 1 is 1.11 bits per heavy atom. The second-order valence-corrected chi connectivity index (χ2v) is 10.9. The molecule has 188 valence electrons. The van der Waals surface area contributed by atoms with E-state index in [2.05, 4.69) is 15.9 Å². The highest BCUT2D eigenvalue weighted by Gasteiger charge is 2.41. The molecule has 3 aromatic carbocycles. The lowest BCUT2D eigenvalue weighted by molar-refractivity contribution is -0.384. The highest BCUT2D eigenvalue weighted by atomic mass is 79.9. The summed E-state index contributed by atoms with van der Waals surface area (Å²) in [5.74, 6) is -0.517. The van der Waals surface area contributed by atoms with Crippen LogP contribution in [0, 0.1) is 10.1 Å². The number of carbonyl (C=O) groups excluding carboxylic acids is 1. The minimum atomic E-state index is -4.17. The third-order valence-electron chi connectivity index (χ3n) is 5.80. The van der Waals surface area contributed by atoms with Crippen LogP contribution in [0.1, 0.15) is 23.6 Å². The third kappa shape index (κ3) is 5.43. The second-order valence-electron chi connectivity index (χ2n) is 8.09. The van der Waals surface area contributed by atoms with Crippen LogP contribution < -0.4 is 4.74 Å². The number of non-ortho nitro benzene ring substituents is 1. The van der Waals surface area contributed by atoms with Crippen LogP contribution in [0.25, 0.3) is 0 Å². The molecule has 0 saturated carbocycles. The lowest BCUT2D eigenvalue weighted by Gasteiger charge is -2.34. The summed E-state index contributed by atoms with van der Waals surface area (Å²) in [7, 11) is -4.17. The second kappa shape index (κ2) is 10.8. The zero-order valence-corrected chi connectivity index (χ0v) is 21.7. The Bertz CT molecular complexity index is 1390. The number of nitro groups is 1. The van der Waals surface area contributed by atoms with Gasteiger partial charge in [0.2, 0.25) is 10.0 Å². The molecule has 0 bridgehead atoms. The van der Waals surface area contributed by atoms with Gasteiger partial charge in [-0.25, -0.2) is 8.42 Å². The molecule has 11 heteroatoms. The lowest BCUT2D eigenvalue weighted by Crippen LogP contribution is -2.49. The Morgan fingerprint density at radius 2 is 1.81 bits per heavy atom. The average Bonchev–Trinajstić information content (AvgIpc) is 2.87. The number of esters is 1. The fourth-order valence-corrected chi connectivity index (χ4v) is 6.23. The molecule has 0 N–H and O–H groups in total. The third-order valence-corrected chi connectivity index (χ3v) is 8.17. The summed E-state index contributed by atoms with van der Waals surface area (Å²) in [6.07, 6.45) is 0.145. The lowest BCUT2D eigenvalue weighted by atomic mass is 9.96. The Labute approximate surface area is 217 Å². The normalized spacial score (nSPS) is 15.7. The number of rotatable bonds is 8. The van der Waals surface area contributed by atoms with Crippen LogP contribution in [0.3, 0.4) is 0 Å². The molecule has 3 aromatic rings. The van der Waals surface area contributed by atoms with Crippen molar-refractivity contribution in [1.82, 2.24) is 4.31 Å². The predicted molar refractivity (Wildman–Crippen MR) is 135 cm³/mol. The molecule has 0 radical (unpaired) electrons. The minimum Gasteiger partial charge on any atom is -0.492 e. The zero-order chi connectivity index (χ0) is 25.9. The molecule has 1 aliphatic rings. The Balaban J connectivity index is 1.65. The number of benzene rings is 3. The maximum absolute atomic E-state index is 13.9. The minimum absolute atomic E-state index is 0.00607. The molecule has 4 rings (SSSR count). The molecule has 0 amide bonds. The van der Waals surface area contributed by atoms with Crippen molar-refractivity contribution < 1.29 is 27.6 Å². The molecule has 0 spiro atoms. The van der Waals surface area contributed by atoms with Crippen LogP contribution in [0.5, 0.6) is 5.75 Å². The van der Waals surface area contributed by atoms with Crippen molar-refractivity contribution in [3.63, 3.8) is 0 Å². The molecule has 0 fully saturated rings. The van der Waals surface area contributed by atoms with Crippen molar-refractivity contribution in [1.29, 1.82) is 0 Å². The van der Waals surface area contributed by atoms with Gasteiger partial charge in [-0.2, -0.15) is 4.31 Å². The van der Waals surface area contributed by atoms with Crippen LogP contribution in [-0.4, -0.2) is 36.3 Å². The van der Waals surface area contributed by atoms with Crippen molar-refractivity contribution in [3.8, 4) is 5.75 Å². The van der Waals surface area contributed by atoms with Gasteiger partial charge in [0.25, 0.3) is 5.69 Å². The van der Waals surface area contributed by atoms with E-state index in [1.165, 1.54) is 30.3 Å². The van der Waals surface area contributed by atoms with Crippen LogP contribution in [0.4, 0.5) is 5.69 Å². The van der Waals surface area contributed by atoms with Crippen molar-refractivity contribution >= 4 is 37.6 Å². The van der Waals surface area contributed by atoms with Gasteiger partial charge in [0.1, 0.15) is 23.3 Å². The molecule has 1 aliphatic heterocycles. The first-order chi connectivity index (χ1) is 17.2. The van der Waals surface area contributed by atoms with Crippen molar-refractivity contribution in [2.24, 2.45) is 0 Å². The number of sulfonamides is 1. The summed E-state index contributed by atoms with van der Waals surface area (Å²) in [6.45, 7) is 1.87. The highest BCUT2D eigenvalue weighted by Crippen LogP contribution is 2.35. The van der Waals surface area contributed by atoms with E-state index in [4.69, 9.17) is 9.47 Å². The number of ether oxygens (including phenoxy) is 2. The van der Waals surface area contributed by atoms with E-state index in [1.807, 2.05) is 24.3 Å². The summed E-state index contributed by atoms with van der Waals surface area (Å²) in [5.41, 5.74) is 2.13. The molecular formula is C25H23BrN2O7S. The first-order valence-corrected chi connectivity index (χ1v) is 13.3. The zero-order valence-electron chi connectivity index (χ0n) is 19.3. The van der Waals surface area contributed by atoms with Crippen LogP contribution in [0.2, 0.25) is 0 Å². The Morgan fingerprint density at radius 3 is 2.47 bits per heavy atom. The largest absolute Gasteiger partial charge is 0.492 e. The molecule has 1 heterocycles. The summed E-state index contributed by atoms with van der Waals surface area (Å²) in [6, 6.07) is 16.6. The Kier molecular flexibility index (Phi) is 7.72. The number of carbonyl (C=O) groups is 1. The van der Waals surface area contributed by atoms with E-state index in [9.17, 15) is 23.3 Å². The number of nitrogens with zero attached hydrogens (tertiary/aromatic N) is 2. The SMILES string of the molecule is CCOc1ccc(Br)cc1S(=O)(=O)N1Cc2ccccc2C[C@H]1C(=O)OCc1ccc([N+](=O)[O-])cc1. The first-order valence-electron chi connectivity index (χ1n) is 11.1. The molecule has 36 heavy (non-hydrogen) atoms. The van der Waals surface area contributed by atoms with Gasteiger partial charge in [-0.3, -0.25) is 14.9 Å². The fourth-order valence-electron chi connectivity index (χ4n) is 4.00. The monoisotopic (exact) mass is 574 g/mol. The predicted octanol–water partition coefficient (Wildman–Crippen LogP) is 4.62. The summed E-state index contributed by atoms with van der Waals surface area (Å²) in [5, 5.41) is 10.9. The van der Waals surface area contributed by atoms with Crippen molar-refractivity contribution in [2.45, 2.75) is 37.4 Å². The summed E-state index contributed by atoms with van der Waals surface area (Å²) in [4.78, 5) is 23.5. The first kappa shape index (κ1) is 25.8. The molecule has 0 aliphatic carbocycles. The van der Waals surface area contributed by atoms with Crippen LogP contribution in [-0.2, 0) is 39.1 Å². The molecular weight excluding hydrogens is 552 g/mol. The van der Waals surface area contributed by atoms with Crippen LogP contribution in [0.15, 0.2) is 76.1 Å². The van der Waals surface area contributed by atoms with Crippen LogP contribution >= 0.6 is 15.9 Å². The molecule has 0 unspecified atom stereocenters. The highest BCUT2D eigenvalue weighted by molar-refractivity contribution is 9.10. The van der Waals surface area contributed by atoms with Gasteiger partial charge in [0, 0.05) is 29.6 Å². The van der Waals surface area contributed by atoms with Crippen molar-refractivity contribution in [3.05, 3.63) is 98.0 Å². The topological polar surface area (TPSA) is 116 Å². The van der Waals surface area contributed by atoms with Gasteiger partial charge < -0.3 is 9.47 Å². The van der Waals surface area contributed by atoms with Gasteiger partial charge in [0.15, 0.2) is 0 Å². The van der Waals surface area contributed by atoms with E-state index in [0.29, 0.717) is 10.0 Å². The van der Waals surface area contributed by atoms with E-state index in [-0.39, 0.29) is 42.5 Å².